The van der Waals surface area contributed by atoms with Crippen molar-refractivity contribution in [3.63, 3.8) is 0 Å². The second-order valence-electron chi connectivity index (χ2n) is 21.2. The quantitative estimate of drug-likeness (QED) is 0.162. The molecule has 1 fully saturated rings. The predicted octanol–water partition coefficient (Wildman–Crippen LogP) is 14.1. The fourth-order valence-corrected chi connectivity index (χ4v) is 13.3. The molecule has 4 heteroatoms. The van der Waals surface area contributed by atoms with Crippen LogP contribution in [0, 0.1) is 6.92 Å². The number of aryl methyl sites for hydroxylation is 1. The van der Waals surface area contributed by atoms with Crippen molar-refractivity contribution in [2.24, 2.45) is 0 Å². The number of rotatable bonds is 2. The van der Waals surface area contributed by atoms with Crippen LogP contribution in [0.2, 0.25) is 0 Å². The molecule has 7 aromatic carbocycles. The Labute approximate surface area is 366 Å². The van der Waals surface area contributed by atoms with Crippen molar-refractivity contribution in [2.45, 2.75) is 103 Å². The minimum atomic E-state index is -0.246. The highest BCUT2D eigenvalue weighted by Gasteiger charge is 2.62. The Kier molecular flexibility index (Phi) is 7.04. The summed E-state index contributed by atoms with van der Waals surface area (Å²) in [7, 11) is 0. The Morgan fingerprint density at radius 2 is 1.37 bits per heavy atom. The normalized spacial score (nSPS) is 21.1. The lowest BCUT2D eigenvalue weighted by Gasteiger charge is -2.53. The minimum Gasteiger partial charge on any atom is -0.455 e. The fourth-order valence-electron chi connectivity index (χ4n) is 13.3. The van der Waals surface area contributed by atoms with Crippen LogP contribution >= 0.6 is 0 Å². The molecule has 0 radical (unpaired) electrons. The van der Waals surface area contributed by atoms with Crippen molar-refractivity contribution in [3.8, 4) is 33.4 Å². The van der Waals surface area contributed by atoms with Crippen LogP contribution in [0.25, 0.3) is 55.3 Å². The molecule has 1 saturated carbocycles. The summed E-state index contributed by atoms with van der Waals surface area (Å²) in [6.45, 7) is 19.6. The molecule has 1 aromatic heterocycles. The van der Waals surface area contributed by atoms with E-state index in [4.69, 9.17) is 4.42 Å². The van der Waals surface area contributed by atoms with Crippen LogP contribution in [0.1, 0.15) is 102 Å². The lowest BCUT2D eigenvalue weighted by atomic mass is 9.42. The van der Waals surface area contributed by atoms with Gasteiger partial charge >= 0.3 is 6.85 Å². The second kappa shape index (κ2) is 11.9. The van der Waals surface area contributed by atoms with Crippen molar-refractivity contribution in [3.05, 3.63) is 155 Å². The molecule has 2 atom stereocenters. The zero-order valence-corrected chi connectivity index (χ0v) is 37.3. The van der Waals surface area contributed by atoms with Crippen LogP contribution in [0.15, 0.2) is 132 Å². The van der Waals surface area contributed by atoms with Crippen LogP contribution in [-0.2, 0) is 16.2 Å². The summed E-state index contributed by atoms with van der Waals surface area (Å²) in [5, 5.41) is 2.40. The molecule has 2 unspecified atom stereocenters. The van der Waals surface area contributed by atoms with Gasteiger partial charge in [-0.3, -0.25) is 0 Å². The van der Waals surface area contributed by atoms with Crippen LogP contribution in [0.4, 0.5) is 22.7 Å². The van der Waals surface area contributed by atoms with E-state index >= 15 is 0 Å². The maximum atomic E-state index is 7.28. The summed E-state index contributed by atoms with van der Waals surface area (Å²) in [6, 6.07) is 48.6. The molecule has 0 saturated heterocycles. The zero-order valence-electron chi connectivity index (χ0n) is 37.3. The summed E-state index contributed by atoms with van der Waals surface area (Å²) in [6.07, 6.45) is 4.84. The molecule has 0 spiro atoms. The van der Waals surface area contributed by atoms with Crippen molar-refractivity contribution in [1.29, 1.82) is 0 Å². The van der Waals surface area contributed by atoms with Crippen molar-refractivity contribution in [2.75, 3.05) is 9.71 Å². The number of hydrogen-bond acceptors (Lipinski definition) is 3. The van der Waals surface area contributed by atoms with Gasteiger partial charge in [0.25, 0.3) is 0 Å². The molecular formula is C58H53BN2O. The van der Waals surface area contributed by atoms with Gasteiger partial charge in [-0.25, -0.2) is 0 Å². The molecule has 0 bridgehead atoms. The average molecular weight is 805 g/mol. The van der Waals surface area contributed by atoms with Crippen molar-refractivity contribution < 1.29 is 4.42 Å². The lowest BCUT2D eigenvalue weighted by molar-refractivity contribution is 0.195. The number of para-hydroxylation sites is 1. The molecule has 0 amide bonds. The number of nitrogens with zero attached hydrogens (tertiary/aromatic N) is 2. The van der Waals surface area contributed by atoms with Gasteiger partial charge in [-0.2, -0.15) is 0 Å². The smallest absolute Gasteiger partial charge is 0.333 e. The Morgan fingerprint density at radius 3 is 2.18 bits per heavy atom. The first-order valence-corrected chi connectivity index (χ1v) is 23.0. The lowest BCUT2D eigenvalue weighted by Crippen LogP contribution is -2.65. The number of anilines is 4. The van der Waals surface area contributed by atoms with Crippen LogP contribution < -0.4 is 20.6 Å². The highest BCUT2D eigenvalue weighted by molar-refractivity contribution is 6.94. The van der Waals surface area contributed by atoms with Gasteiger partial charge in [-0.15, -0.1) is 0 Å². The minimum absolute atomic E-state index is 0.0137. The third kappa shape index (κ3) is 4.39. The van der Waals surface area contributed by atoms with E-state index in [1.54, 1.807) is 5.56 Å². The molecule has 304 valence electrons. The number of hydrogen-bond donors (Lipinski definition) is 0. The molecular weight excluding hydrogens is 751 g/mol. The van der Waals surface area contributed by atoms with Crippen LogP contribution in [-0.4, -0.2) is 12.4 Å². The van der Waals surface area contributed by atoms with E-state index in [0.717, 1.165) is 17.6 Å². The standard InChI is InChI=1S/C58H53BN2O/c1-34-30-36(35-18-10-9-11-19-35)24-26-45(34)61-46-27-25-40-38-20-12-14-22-42(38)56(5,6)51(40)49(46)50-52-47(33-41-39-21-13-15-23-48(39)62-54(41)50)60-53-43(57(7)28-16-17-29-58(57,60)8)31-37(55(2,3)4)32-44(53)59(52)61/h9-15,18-27,30-33H,16-17,28-29H2,1-8H3. The summed E-state index contributed by atoms with van der Waals surface area (Å²) < 4.78 is 7.28. The van der Waals surface area contributed by atoms with Crippen molar-refractivity contribution in [1.82, 2.24) is 0 Å². The van der Waals surface area contributed by atoms with Gasteiger partial charge in [0, 0.05) is 55.5 Å². The maximum absolute atomic E-state index is 7.28. The monoisotopic (exact) mass is 804 g/mol. The van der Waals surface area contributed by atoms with Gasteiger partial charge in [-0.05, 0) is 123 Å². The van der Waals surface area contributed by atoms with Crippen LogP contribution in [0.3, 0.4) is 0 Å². The summed E-state index contributed by atoms with van der Waals surface area (Å²) in [5.74, 6) is 0. The van der Waals surface area contributed by atoms with Gasteiger partial charge in [-0.1, -0.05) is 151 Å². The summed E-state index contributed by atoms with van der Waals surface area (Å²) in [4.78, 5) is 5.66. The molecule has 5 aliphatic rings. The van der Waals surface area contributed by atoms with E-state index < -0.39 is 0 Å². The molecule has 8 aromatic rings. The third-order valence-corrected chi connectivity index (χ3v) is 16.6. The van der Waals surface area contributed by atoms with Gasteiger partial charge in [0.2, 0.25) is 0 Å². The van der Waals surface area contributed by atoms with E-state index in [0.29, 0.717) is 0 Å². The van der Waals surface area contributed by atoms with E-state index in [-0.39, 0.29) is 28.6 Å². The molecule has 0 N–H and O–H groups in total. The predicted molar refractivity (Wildman–Crippen MR) is 262 cm³/mol. The molecule has 4 heterocycles. The first kappa shape index (κ1) is 36.6. The first-order chi connectivity index (χ1) is 29.8. The molecule has 13 rings (SSSR count). The number of fused-ring (bicyclic) bond motifs is 15. The molecule has 62 heavy (non-hydrogen) atoms. The molecule has 3 aliphatic heterocycles. The Balaban J connectivity index is 1.23. The van der Waals surface area contributed by atoms with Gasteiger partial charge in [0.05, 0.1) is 5.54 Å². The molecule has 3 nitrogen and oxygen atoms in total. The number of benzene rings is 7. The van der Waals surface area contributed by atoms with Gasteiger partial charge < -0.3 is 14.1 Å². The molecule has 2 aliphatic carbocycles. The first-order valence-electron chi connectivity index (χ1n) is 23.0. The summed E-state index contributed by atoms with van der Waals surface area (Å²) in [5.41, 5.74) is 24.5. The van der Waals surface area contributed by atoms with Gasteiger partial charge in [0.1, 0.15) is 11.2 Å². The van der Waals surface area contributed by atoms with Gasteiger partial charge in [0.15, 0.2) is 0 Å². The van der Waals surface area contributed by atoms with E-state index in [1.165, 1.54) is 119 Å². The SMILES string of the molecule is Cc1cc(-c2ccccc2)ccc1N1B2c3cc(C(C)(C)C)cc4c3N(c3cc5c(oc6ccccc65)c(c32)-c2c1ccc1c2C(C)(C)c2ccccc2-1)C1(C)CCCCC41C. The van der Waals surface area contributed by atoms with E-state index in [1.807, 2.05) is 0 Å². The summed E-state index contributed by atoms with van der Waals surface area (Å²) >= 11 is 0. The Bertz CT molecular complexity index is 3280. The number of furan rings is 1. The highest BCUT2D eigenvalue weighted by atomic mass is 16.3. The average Bonchev–Trinajstić information content (AvgIpc) is 3.83. The zero-order chi connectivity index (χ0) is 42.2. The third-order valence-electron chi connectivity index (χ3n) is 16.6. The highest BCUT2D eigenvalue weighted by Crippen LogP contribution is 2.64. The van der Waals surface area contributed by atoms with E-state index in [9.17, 15) is 0 Å². The fraction of sp³-hybridized carbons (Fsp3) is 0.276. The van der Waals surface area contributed by atoms with Crippen LogP contribution in [0.5, 0.6) is 0 Å². The Morgan fingerprint density at radius 1 is 0.629 bits per heavy atom. The second-order valence-corrected chi connectivity index (χ2v) is 21.2. The topological polar surface area (TPSA) is 19.6 Å². The largest absolute Gasteiger partial charge is 0.455 e. The Hall–Kier alpha value is -6.00. The van der Waals surface area contributed by atoms with E-state index in [2.05, 4.69) is 192 Å². The maximum Gasteiger partial charge on any atom is 0.333 e. The van der Waals surface area contributed by atoms with Crippen molar-refractivity contribution >= 4 is 62.5 Å².